The van der Waals surface area contributed by atoms with Gasteiger partial charge in [0.15, 0.2) is 12.6 Å². The van der Waals surface area contributed by atoms with E-state index in [9.17, 15) is 75.7 Å². The molecular weight excluding hydrogens is 1300 g/mol. The van der Waals surface area contributed by atoms with Crippen LogP contribution < -0.4 is 10.6 Å². The lowest BCUT2D eigenvalue weighted by atomic mass is 9.88. The van der Waals surface area contributed by atoms with Crippen molar-refractivity contribution in [2.75, 3.05) is 26.4 Å². The van der Waals surface area contributed by atoms with Crippen molar-refractivity contribution in [3.63, 3.8) is 0 Å². The molecule has 18 atom stereocenters. The molecule has 0 aromatic carbocycles. The van der Waals surface area contributed by atoms with Gasteiger partial charge in [-0.25, -0.2) is 4.79 Å². The molecule has 3 fully saturated rings. The first-order valence-electron chi connectivity index (χ1n) is 40.5. The second-order valence-electron chi connectivity index (χ2n) is 29.6. The summed E-state index contributed by atoms with van der Waals surface area (Å²) in [6.07, 6.45) is 32.0. The van der Waals surface area contributed by atoms with Crippen LogP contribution in [-0.4, -0.2) is 215 Å². The van der Waals surface area contributed by atoms with Gasteiger partial charge < -0.3 is 100 Å². The number of hydrogen-bond acceptors (Lipinski definition) is 20. The summed E-state index contributed by atoms with van der Waals surface area (Å²) in [6.45, 7) is 2.26. The summed E-state index contributed by atoms with van der Waals surface area (Å²) in [5, 5.41) is 137. The quantitative estimate of drug-likeness (QED) is 0.0199. The maximum atomic E-state index is 13.6. The van der Waals surface area contributed by atoms with E-state index in [4.69, 9.17) is 28.4 Å². The van der Waals surface area contributed by atoms with Gasteiger partial charge in [-0.3, -0.25) is 9.59 Å². The minimum atomic E-state index is -3.08. The van der Waals surface area contributed by atoms with Crippen LogP contribution >= 0.6 is 0 Å². The van der Waals surface area contributed by atoms with Crippen molar-refractivity contribution in [3.8, 4) is 0 Å². The lowest BCUT2D eigenvalue weighted by Crippen LogP contribution is -2.70. The van der Waals surface area contributed by atoms with E-state index in [-0.39, 0.29) is 18.9 Å². The number of ether oxygens (including phenoxy) is 6. The molecule has 2 amide bonds. The fourth-order valence-electron chi connectivity index (χ4n) is 14.3. The minimum Gasteiger partial charge on any atom is -0.477 e. The number of nitrogens with one attached hydrogen (secondary N) is 2. The number of unbranched alkanes of at least 4 members (excludes halogenated alkanes) is 42. The lowest BCUT2D eigenvalue weighted by Gasteiger charge is -2.50. The zero-order valence-corrected chi connectivity index (χ0v) is 62.8. The van der Waals surface area contributed by atoms with Gasteiger partial charge in [0.2, 0.25) is 11.8 Å². The molecule has 0 aromatic rings. The molecule has 101 heavy (non-hydrogen) atoms. The number of aliphatic hydroxyl groups excluding tert-OH is 11. The van der Waals surface area contributed by atoms with Crippen molar-refractivity contribution in [1.82, 2.24) is 10.6 Å². The normalized spacial score (nSPS) is 26.8. The second kappa shape index (κ2) is 57.6. The number of aliphatic carboxylic acids is 1. The van der Waals surface area contributed by atoms with Crippen LogP contribution in [0.5, 0.6) is 0 Å². The van der Waals surface area contributed by atoms with Crippen LogP contribution in [0.1, 0.15) is 329 Å². The van der Waals surface area contributed by atoms with Crippen molar-refractivity contribution in [2.24, 2.45) is 0 Å². The standard InChI is InChI=1S/C78H146N2O21/c1-4-6-8-10-12-14-16-18-20-22-24-26-28-30-32-34-36-38-40-42-44-46-48-50-52-65(88)80-59(60(85)51-49-47-45-43-41-39-37-35-33-31-29-27-25-23-21-19-17-15-13-11-9-7-5-2)57-96-75-70(92)69(91)72(64(56-83)98-75)99-76-71(93)74(68(90)63(55-82)97-76)101-78(77(94)95)53-61(86)66(79-58(3)84)73(100-78)67(89)62(87)54-81/h30,32,59-64,66-76,81-83,85-87,89-93H,4-29,31,33-57H2,1-3H3,(H,79,84)(H,80,88)(H,94,95)/b32-30-. The van der Waals surface area contributed by atoms with Gasteiger partial charge in [0.1, 0.15) is 67.1 Å². The zero-order chi connectivity index (χ0) is 73.9. The first kappa shape index (κ1) is 92.7. The first-order valence-corrected chi connectivity index (χ1v) is 40.5. The van der Waals surface area contributed by atoms with Crippen LogP contribution in [0, 0.1) is 0 Å². The van der Waals surface area contributed by atoms with Crippen LogP contribution in [0.2, 0.25) is 0 Å². The molecule has 0 spiro atoms. The Hall–Kier alpha value is -2.53. The van der Waals surface area contributed by atoms with Crippen LogP contribution in [-0.2, 0) is 42.8 Å². The summed E-state index contributed by atoms with van der Waals surface area (Å²) in [6, 6.07) is -2.53. The Kier molecular flexibility index (Phi) is 52.9. The molecule has 0 bridgehead atoms. The highest BCUT2D eigenvalue weighted by atomic mass is 16.8. The summed E-state index contributed by atoms with van der Waals surface area (Å²) < 4.78 is 35.0. The largest absolute Gasteiger partial charge is 0.477 e. The molecule has 23 heteroatoms. The van der Waals surface area contributed by atoms with Gasteiger partial charge in [0.05, 0.1) is 50.7 Å². The Balaban J connectivity index is 1.52. The van der Waals surface area contributed by atoms with Gasteiger partial charge in [-0.1, -0.05) is 283 Å². The van der Waals surface area contributed by atoms with E-state index >= 15 is 0 Å². The highest BCUT2D eigenvalue weighted by Gasteiger charge is 2.60. The van der Waals surface area contributed by atoms with Gasteiger partial charge in [0, 0.05) is 19.8 Å². The second-order valence-corrected chi connectivity index (χ2v) is 29.6. The van der Waals surface area contributed by atoms with Gasteiger partial charge >= 0.3 is 5.97 Å². The summed E-state index contributed by atoms with van der Waals surface area (Å²) in [4.78, 5) is 38.7. The van der Waals surface area contributed by atoms with Crippen molar-refractivity contribution >= 4 is 17.8 Å². The molecule has 23 nitrogen and oxygen atoms in total. The Morgan fingerprint density at radius 1 is 0.505 bits per heavy atom. The van der Waals surface area contributed by atoms with E-state index in [2.05, 4.69) is 36.6 Å². The summed E-state index contributed by atoms with van der Waals surface area (Å²) in [5.74, 6) is -6.10. The number of hydrogen-bond donors (Lipinski definition) is 14. The Labute approximate surface area is 607 Å². The van der Waals surface area contributed by atoms with Gasteiger partial charge in [0.25, 0.3) is 5.79 Å². The van der Waals surface area contributed by atoms with Crippen molar-refractivity contribution in [2.45, 2.75) is 439 Å². The molecule has 14 N–H and O–H groups in total. The molecule has 0 aliphatic carbocycles. The third-order valence-electron chi connectivity index (χ3n) is 20.7. The van der Waals surface area contributed by atoms with Crippen molar-refractivity contribution < 1.29 is 104 Å². The monoisotopic (exact) mass is 1450 g/mol. The highest BCUT2D eigenvalue weighted by Crippen LogP contribution is 2.39. The first-order chi connectivity index (χ1) is 48.9. The molecule has 18 unspecified atom stereocenters. The van der Waals surface area contributed by atoms with Crippen LogP contribution in [0.25, 0.3) is 0 Å². The molecule has 0 radical (unpaired) electrons. The minimum absolute atomic E-state index is 0.222. The lowest BCUT2D eigenvalue weighted by molar-refractivity contribution is -0.386. The predicted molar refractivity (Wildman–Crippen MR) is 389 cm³/mol. The van der Waals surface area contributed by atoms with Crippen LogP contribution in [0.3, 0.4) is 0 Å². The molecule has 594 valence electrons. The average molecular weight is 1450 g/mol. The zero-order valence-electron chi connectivity index (χ0n) is 62.8. The average Bonchev–Trinajstić information content (AvgIpc) is 0.756. The van der Waals surface area contributed by atoms with E-state index in [0.717, 1.165) is 64.7 Å². The van der Waals surface area contributed by atoms with Crippen LogP contribution in [0.4, 0.5) is 0 Å². The molecule has 3 saturated heterocycles. The fraction of sp³-hybridized carbons (Fsp3) is 0.936. The molecule has 3 aliphatic heterocycles. The predicted octanol–water partition coefficient (Wildman–Crippen LogP) is 10.6. The van der Waals surface area contributed by atoms with E-state index < -0.39 is 148 Å². The number of carbonyl (C=O) groups is 3. The maximum absolute atomic E-state index is 13.6. The summed E-state index contributed by atoms with van der Waals surface area (Å²) in [5.41, 5.74) is 0. The van der Waals surface area contributed by atoms with Gasteiger partial charge in [-0.2, -0.15) is 0 Å². The fourth-order valence-corrected chi connectivity index (χ4v) is 14.3. The van der Waals surface area contributed by atoms with E-state index in [1.807, 2.05) is 0 Å². The number of carboxylic acids is 1. The molecule has 0 saturated carbocycles. The SMILES string of the molecule is CCCCCCCCCCCCCC/C=C\CCCCCCCCCCC(=O)NC(COC1OC(CO)C(OC2OC(CO)C(O)C(OC3(C(=O)O)CC(O)C(NC(C)=O)C(C(O)C(O)CO)O3)C2O)C(O)C1O)C(O)CCCCCCCCCCCCCCCCCCCCCCCCC. The van der Waals surface area contributed by atoms with E-state index in [1.165, 1.54) is 218 Å². The van der Waals surface area contributed by atoms with Gasteiger partial charge in [-0.15, -0.1) is 0 Å². The third-order valence-corrected chi connectivity index (χ3v) is 20.7. The van der Waals surface area contributed by atoms with E-state index in [1.54, 1.807) is 0 Å². The molecule has 3 aliphatic rings. The topological polar surface area (TPSA) is 373 Å². The Bertz CT molecular complexity index is 2070. The number of aliphatic hydroxyl groups is 11. The Morgan fingerprint density at radius 3 is 1.34 bits per heavy atom. The highest BCUT2D eigenvalue weighted by molar-refractivity contribution is 5.77. The summed E-state index contributed by atoms with van der Waals surface area (Å²) in [7, 11) is 0. The van der Waals surface area contributed by atoms with Crippen molar-refractivity contribution in [3.05, 3.63) is 12.2 Å². The molecule has 0 aromatic heterocycles. The number of carboxylic acid groups (broad SMARTS) is 1. The molecular formula is C78H146N2O21. The van der Waals surface area contributed by atoms with Crippen LogP contribution in [0.15, 0.2) is 12.2 Å². The van der Waals surface area contributed by atoms with E-state index in [0.29, 0.717) is 19.3 Å². The molecule has 3 rings (SSSR count). The maximum Gasteiger partial charge on any atom is 0.364 e. The number of rotatable bonds is 64. The summed E-state index contributed by atoms with van der Waals surface area (Å²) >= 11 is 0. The number of allylic oxidation sites excluding steroid dienone is 2. The number of amides is 2. The third kappa shape index (κ3) is 38.2. The Morgan fingerprint density at radius 2 is 0.921 bits per heavy atom. The smallest absolute Gasteiger partial charge is 0.364 e. The number of carbonyl (C=O) groups excluding carboxylic acids is 2. The van der Waals surface area contributed by atoms with Crippen molar-refractivity contribution in [1.29, 1.82) is 0 Å². The van der Waals surface area contributed by atoms with Gasteiger partial charge in [-0.05, 0) is 38.5 Å². The molecule has 3 heterocycles.